The van der Waals surface area contributed by atoms with E-state index in [1.807, 2.05) is 31.2 Å². The van der Waals surface area contributed by atoms with Crippen LogP contribution in [0.15, 0.2) is 65.6 Å². The van der Waals surface area contributed by atoms with Gasteiger partial charge in [0.2, 0.25) is 5.91 Å². The van der Waals surface area contributed by atoms with E-state index in [9.17, 15) is 9.59 Å². The second-order valence-electron chi connectivity index (χ2n) is 6.32. The van der Waals surface area contributed by atoms with Crippen LogP contribution in [0, 0.1) is 0 Å². The quantitative estimate of drug-likeness (QED) is 0.734. The van der Waals surface area contributed by atoms with E-state index in [1.165, 1.54) is 17.1 Å². The molecule has 0 aromatic heterocycles. The van der Waals surface area contributed by atoms with Crippen LogP contribution in [0.4, 0.5) is 5.69 Å². The van der Waals surface area contributed by atoms with Crippen LogP contribution in [0.3, 0.4) is 0 Å². The Morgan fingerprint density at radius 1 is 1.08 bits per heavy atom. The lowest BCUT2D eigenvalue weighted by molar-refractivity contribution is -0.115. The van der Waals surface area contributed by atoms with Crippen molar-refractivity contribution in [2.75, 3.05) is 5.32 Å². The SMILES string of the molecule is CC1Sc2ccc(C(=O)NCc3ccc4ccccc4c3)cc2NC1=O. The lowest BCUT2D eigenvalue weighted by Gasteiger charge is -2.21. The summed E-state index contributed by atoms with van der Waals surface area (Å²) in [4.78, 5) is 25.3. The lowest BCUT2D eigenvalue weighted by Crippen LogP contribution is -2.27. The smallest absolute Gasteiger partial charge is 0.251 e. The van der Waals surface area contributed by atoms with Gasteiger partial charge in [0, 0.05) is 17.0 Å². The molecule has 2 amide bonds. The summed E-state index contributed by atoms with van der Waals surface area (Å²) in [6.07, 6.45) is 0. The number of rotatable bonds is 3. The predicted molar refractivity (Wildman–Crippen MR) is 106 cm³/mol. The van der Waals surface area contributed by atoms with Crippen molar-refractivity contribution < 1.29 is 9.59 Å². The first-order valence-electron chi connectivity index (χ1n) is 8.47. The Labute approximate surface area is 156 Å². The molecule has 1 aliphatic rings. The Morgan fingerprint density at radius 2 is 1.88 bits per heavy atom. The Kier molecular flexibility index (Phi) is 4.39. The van der Waals surface area contributed by atoms with Crippen LogP contribution in [0.25, 0.3) is 10.8 Å². The number of amides is 2. The van der Waals surface area contributed by atoms with E-state index in [-0.39, 0.29) is 17.1 Å². The summed E-state index contributed by atoms with van der Waals surface area (Å²) < 4.78 is 0. The zero-order valence-electron chi connectivity index (χ0n) is 14.3. The molecule has 3 aromatic carbocycles. The summed E-state index contributed by atoms with van der Waals surface area (Å²) in [6.45, 7) is 2.33. The molecular formula is C21H18N2O2S. The molecule has 0 saturated heterocycles. The summed E-state index contributed by atoms with van der Waals surface area (Å²) in [7, 11) is 0. The van der Waals surface area contributed by atoms with Crippen molar-refractivity contribution in [1.29, 1.82) is 0 Å². The first-order valence-corrected chi connectivity index (χ1v) is 9.35. The van der Waals surface area contributed by atoms with Crippen LogP contribution in [0.1, 0.15) is 22.8 Å². The van der Waals surface area contributed by atoms with Gasteiger partial charge in [-0.2, -0.15) is 0 Å². The Balaban J connectivity index is 1.48. The number of thioether (sulfide) groups is 1. The van der Waals surface area contributed by atoms with Gasteiger partial charge in [0.15, 0.2) is 0 Å². The molecule has 0 bridgehead atoms. The third-order valence-electron chi connectivity index (χ3n) is 4.44. The molecule has 0 saturated carbocycles. The third kappa shape index (κ3) is 3.30. The molecule has 0 radical (unpaired) electrons. The molecule has 1 atom stereocenters. The highest BCUT2D eigenvalue weighted by molar-refractivity contribution is 8.00. The van der Waals surface area contributed by atoms with Gasteiger partial charge >= 0.3 is 0 Å². The molecule has 3 aromatic rings. The molecule has 2 N–H and O–H groups in total. The number of hydrogen-bond acceptors (Lipinski definition) is 3. The zero-order valence-corrected chi connectivity index (χ0v) is 15.1. The van der Waals surface area contributed by atoms with Gasteiger partial charge in [0.25, 0.3) is 5.91 Å². The van der Waals surface area contributed by atoms with E-state index in [1.54, 1.807) is 12.1 Å². The number of fused-ring (bicyclic) bond motifs is 2. The second-order valence-corrected chi connectivity index (χ2v) is 7.71. The van der Waals surface area contributed by atoms with Gasteiger partial charge < -0.3 is 10.6 Å². The molecule has 5 heteroatoms. The molecule has 1 aliphatic heterocycles. The van der Waals surface area contributed by atoms with E-state index in [0.29, 0.717) is 17.8 Å². The van der Waals surface area contributed by atoms with Crippen LogP contribution >= 0.6 is 11.8 Å². The first-order chi connectivity index (χ1) is 12.6. The molecule has 0 spiro atoms. The van der Waals surface area contributed by atoms with Gasteiger partial charge in [-0.05, 0) is 47.5 Å². The Hall–Kier alpha value is -2.79. The van der Waals surface area contributed by atoms with Crippen molar-refractivity contribution >= 4 is 40.0 Å². The van der Waals surface area contributed by atoms with Crippen molar-refractivity contribution in [3.05, 3.63) is 71.8 Å². The second kappa shape index (κ2) is 6.84. The number of benzene rings is 3. The van der Waals surface area contributed by atoms with E-state index >= 15 is 0 Å². The van der Waals surface area contributed by atoms with Crippen molar-refractivity contribution in [2.45, 2.75) is 23.6 Å². The molecule has 0 fully saturated rings. The van der Waals surface area contributed by atoms with Crippen molar-refractivity contribution in [3.8, 4) is 0 Å². The number of anilines is 1. The molecule has 1 unspecified atom stereocenters. The summed E-state index contributed by atoms with van der Waals surface area (Å²) in [6, 6.07) is 19.7. The van der Waals surface area contributed by atoms with Crippen LogP contribution < -0.4 is 10.6 Å². The fourth-order valence-electron chi connectivity index (χ4n) is 2.98. The van der Waals surface area contributed by atoms with Crippen molar-refractivity contribution in [3.63, 3.8) is 0 Å². The maximum Gasteiger partial charge on any atom is 0.251 e. The maximum atomic E-state index is 12.5. The first kappa shape index (κ1) is 16.7. The van der Waals surface area contributed by atoms with Gasteiger partial charge in [-0.15, -0.1) is 11.8 Å². The van der Waals surface area contributed by atoms with Crippen LogP contribution in [-0.2, 0) is 11.3 Å². The minimum Gasteiger partial charge on any atom is -0.348 e. The highest BCUT2D eigenvalue weighted by Gasteiger charge is 2.23. The van der Waals surface area contributed by atoms with Gasteiger partial charge in [-0.3, -0.25) is 9.59 Å². The molecule has 130 valence electrons. The topological polar surface area (TPSA) is 58.2 Å². The molecule has 4 nitrogen and oxygen atoms in total. The van der Waals surface area contributed by atoms with Crippen LogP contribution in [0.2, 0.25) is 0 Å². The summed E-state index contributed by atoms with van der Waals surface area (Å²) in [5, 5.41) is 8.03. The molecule has 4 rings (SSSR count). The van der Waals surface area contributed by atoms with E-state index in [2.05, 4.69) is 34.9 Å². The fourth-order valence-corrected chi connectivity index (χ4v) is 3.91. The number of carbonyl (C=O) groups excluding carboxylic acids is 2. The van der Waals surface area contributed by atoms with Crippen LogP contribution in [0.5, 0.6) is 0 Å². The molecular weight excluding hydrogens is 344 g/mol. The normalized spacial score (nSPS) is 16.0. The average molecular weight is 362 g/mol. The molecule has 26 heavy (non-hydrogen) atoms. The monoisotopic (exact) mass is 362 g/mol. The zero-order chi connectivity index (χ0) is 18.1. The number of carbonyl (C=O) groups is 2. The third-order valence-corrected chi connectivity index (χ3v) is 5.62. The largest absolute Gasteiger partial charge is 0.348 e. The van der Waals surface area contributed by atoms with E-state index in [4.69, 9.17) is 0 Å². The summed E-state index contributed by atoms with van der Waals surface area (Å²) in [5.74, 6) is -0.185. The standard InChI is InChI=1S/C21H18N2O2S/c1-13-20(24)23-18-11-17(8-9-19(18)26-13)21(25)22-12-14-6-7-15-4-2-3-5-16(15)10-14/h2-11,13H,12H2,1H3,(H,22,25)(H,23,24). The maximum absolute atomic E-state index is 12.5. The van der Waals surface area contributed by atoms with Crippen LogP contribution in [-0.4, -0.2) is 17.1 Å². The summed E-state index contributed by atoms with van der Waals surface area (Å²) in [5.41, 5.74) is 2.30. The van der Waals surface area contributed by atoms with Crippen molar-refractivity contribution in [1.82, 2.24) is 5.32 Å². The summed E-state index contributed by atoms with van der Waals surface area (Å²) >= 11 is 1.51. The molecule has 1 heterocycles. The average Bonchev–Trinajstić information content (AvgIpc) is 2.66. The van der Waals surface area contributed by atoms with Gasteiger partial charge in [0.1, 0.15) is 0 Å². The Morgan fingerprint density at radius 3 is 2.73 bits per heavy atom. The molecule has 0 aliphatic carbocycles. The van der Waals surface area contributed by atoms with Crippen molar-refractivity contribution in [2.24, 2.45) is 0 Å². The van der Waals surface area contributed by atoms with E-state index in [0.717, 1.165) is 15.8 Å². The highest BCUT2D eigenvalue weighted by Crippen LogP contribution is 2.35. The fraction of sp³-hybridized carbons (Fsp3) is 0.143. The highest BCUT2D eigenvalue weighted by atomic mass is 32.2. The van der Waals surface area contributed by atoms with Gasteiger partial charge in [0.05, 0.1) is 10.9 Å². The minimum absolute atomic E-state index is 0.0313. The Bertz CT molecular complexity index is 1020. The van der Waals surface area contributed by atoms with E-state index < -0.39 is 0 Å². The van der Waals surface area contributed by atoms with Gasteiger partial charge in [-0.1, -0.05) is 36.4 Å². The van der Waals surface area contributed by atoms with Gasteiger partial charge in [-0.25, -0.2) is 0 Å². The number of nitrogens with one attached hydrogen (secondary N) is 2. The predicted octanol–water partition coefficient (Wildman–Crippen LogP) is 4.20. The number of hydrogen-bond donors (Lipinski definition) is 2. The minimum atomic E-state index is -0.154. The lowest BCUT2D eigenvalue weighted by atomic mass is 10.1.